The zero-order valence-electron chi connectivity index (χ0n) is 18.4. The summed E-state index contributed by atoms with van der Waals surface area (Å²) in [5.41, 5.74) is 2.52. The zero-order valence-corrected chi connectivity index (χ0v) is 19.2. The molecule has 2 unspecified atom stereocenters. The quantitative estimate of drug-likeness (QED) is 0.630. The van der Waals surface area contributed by atoms with Crippen LogP contribution in [0.1, 0.15) is 50.3 Å². The molecule has 1 aliphatic rings. The van der Waals surface area contributed by atoms with Crippen molar-refractivity contribution in [2.24, 2.45) is 0 Å². The first-order valence-electron chi connectivity index (χ1n) is 10.6. The van der Waals surface area contributed by atoms with Crippen LogP contribution in [0.4, 0.5) is 0 Å². The summed E-state index contributed by atoms with van der Waals surface area (Å²) in [6, 6.07) is 16.5. The van der Waals surface area contributed by atoms with Crippen LogP contribution >= 0.6 is 11.6 Å². The summed E-state index contributed by atoms with van der Waals surface area (Å²) in [7, 11) is 0. The number of rotatable bonds is 7. The van der Waals surface area contributed by atoms with Crippen molar-refractivity contribution in [2.45, 2.75) is 39.2 Å². The Bertz CT molecular complexity index is 1040. The summed E-state index contributed by atoms with van der Waals surface area (Å²) >= 11 is 6.14. The highest BCUT2D eigenvalue weighted by atomic mass is 35.5. The minimum atomic E-state index is -0.495. The second-order valence-corrected chi connectivity index (χ2v) is 8.15. The summed E-state index contributed by atoms with van der Waals surface area (Å²) in [6.45, 7) is 5.32. The molecule has 2 atom stereocenters. The van der Waals surface area contributed by atoms with Crippen LogP contribution in [0.3, 0.4) is 0 Å². The molecule has 0 fully saturated rings. The van der Waals surface area contributed by atoms with Gasteiger partial charge in [0.1, 0.15) is 6.54 Å². The number of ether oxygens (including phenoxy) is 1. The lowest BCUT2D eigenvalue weighted by Gasteiger charge is -2.34. The fourth-order valence-electron chi connectivity index (χ4n) is 3.94. The lowest BCUT2D eigenvalue weighted by molar-refractivity contribution is -0.141. The number of hydrogen-bond donors (Lipinski definition) is 1. The minimum Gasteiger partial charge on any atom is -0.463 e. The van der Waals surface area contributed by atoms with E-state index in [1.807, 2.05) is 43.3 Å². The maximum absolute atomic E-state index is 13.0. The number of hydrogen-bond acceptors (Lipinski definition) is 4. The topological polar surface area (TPSA) is 75.7 Å². The van der Waals surface area contributed by atoms with Crippen LogP contribution < -0.4 is 5.32 Å². The van der Waals surface area contributed by atoms with Crippen molar-refractivity contribution in [1.29, 1.82) is 0 Å². The predicted molar refractivity (Wildman–Crippen MR) is 123 cm³/mol. The molecule has 2 amide bonds. The highest BCUT2D eigenvalue weighted by Crippen LogP contribution is 2.37. The molecular formula is C25H27ClN2O4. The number of esters is 1. The Kier molecular flexibility index (Phi) is 7.70. The third-order valence-electron chi connectivity index (χ3n) is 5.55. The number of nitrogens with zero attached hydrogens (tertiary/aromatic N) is 1. The second-order valence-electron chi connectivity index (χ2n) is 7.71. The summed E-state index contributed by atoms with van der Waals surface area (Å²) in [5.74, 6) is -1.52. The third kappa shape index (κ3) is 5.37. The molecule has 6 nitrogen and oxygen atoms in total. The van der Waals surface area contributed by atoms with Crippen LogP contribution in [0, 0.1) is 0 Å². The van der Waals surface area contributed by atoms with Gasteiger partial charge in [0.05, 0.1) is 18.2 Å². The highest BCUT2D eigenvalue weighted by Gasteiger charge is 2.37. The van der Waals surface area contributed by atoms with Crippen LogP contribution in [0.15, 0.2) is 65.9 Å². The van der Waals surface area contributed by atoms with E-state index in [4.69, 9.17) is 16.3 Å². The third-order valence-corrected chi connectivity index (χ3v) is 5.78. The first-order chi connectivity index (χ1) is 15.3. The van der Waals surface area contributed by atoms with Gasteiger partial charge in [-0.05, 0) is 44.0 Å². The average Bonchev–Trinajstić information content (AvgIpc) is 2.77. The molecule has 1 aliphatic heterocycles. The molecule has 0 radical (unpaired) electrons. The Labute approximate surface area is 193 Å². The molecule has 1 N–H and O–H groups in total. The van der Waals surface area contributed by atoms with Crippen molar-refractivity contribution in [3.05, 3.63) is 82.0 Å². The minimum absolute atomic E-state index is 0.0490. The van der Waals surface area contributed by atoms with Gasteiger partial charge in [0.25, 0.3) is 0 Å². The zero-order chi connectivity index (χ0) is 23.3. The van der Waals surface area contributed by atoms with Gasteiger partial charge in [0, 0.05) is 23.1 Å². The van der Waals surface area contributed by atoms with E-state index >= 15 is 0 Å². The van der Waals surface area contributed by atoms with Crippen molar-refractivity contribution < 1.29 is 19.1 Å². The first kappa shape index (κ1) is 23.5. The smallest absolute Gasteiger partial charge is 0.336 e. The fourth-order valence-corrected chi connectivity index (χ4v) is 4.14. The van der Waals surface area contributed by atoms with Crippen LogP contribution in [0.5, 0.6) is 0 Å². The Morgan fingerprint density at radius 3 is 2.56 bits per heavy atom. The van der Waals surface area contributed by atoms with Gasteiger partial charge in [-0.25, -0.2) is 4.79 Å². The maximum atomic E-state index is 13.0. The van der Waals surface area contributed by atoms with Gasteiger partial charge in [-0.15, -0.1) is 0 Å². The van der Waals surface area contributed by atoms with E-state index in [1.165, 1.54) is 4.90 Å². The highest BCUT2D eigenvalue weighted by molar-refractivity contribution is 6.30. The van der Waals surface area contributed by atoms with E-state index < -0.39 is 11.9 Å². The van der Waals surface area contributed by atoms with E-state index in [-0.39, 0.29) is 37.4 Å². The van der Waals surface area contributed by atoms with Gasteiger partial charge in [0.2, 0.25) is 11.8 Å². The molecule has 0 bridgehead atoms. The molecule has 168 valence electrons. The number of carbonyl (C=O) groups is 3. The molecule has 0 spiro atoms. The van der Waals surface area contributed by atoms with E-state index in [0.29, 0.717) is 16.3 Å². The van der Waals surface area contributed by atoms with E-state index in [9.17, 15) is 14.4 Å². The van der Waals surface area contributed by atoms with Crippen molar-refractivity contribution in [1.82, 2.24) is 10.2 Å². The van der Waals surface area contributed by atoms with Crippen molar-refractivity contribution in [2.75, 3.05) is 13.2 Å². The first-order valence-corrected chi connectivity index (χ1v) is 11.0. The summed E-state index contributed by atoms with van der Waals surface area (Å²) in [5, 5.41) is 3.44. The summed E-state index contributed by atoms with van der Waals surface area (Å²) < 4.78 is 5.28. The van der Waals surface area contributed by atoms with Crippen LogP contribution in [-0.2, 0) is 19.1 Å². The lowest BCUT2D eigenvalue weighted by Crippen LogP contribution is -2.44. The van der Waals surface area contributed by atoms with Crippen molar-refractivity contribution in [3.63, 3.8) is 0 Å². The van der Waals surface area contributed by atoms with Gasteiger partial charge >= 0.3 is 5.97 Å². The van der Waals surface area contributed by atoms with Gasteiger partial charge in [-0.1, -0.05) is 54.1 Å². The Hall–Kier alpha value is -3.12. The molecule has 32 heavy (non-hydrogen) atoms. The van der Waals surface area contributed by atoms with Crippen LogP contribution in [0.2, 0.25) is 5.02 Å². The monoisotopic (exact) mass is 454 g/mol. The number of allylic oxidation sites excluding steroid dienone is 1. The molecule has 2 aromatic rings. The molecular weight excluding hydrogens is 428 g/mol. The largest absolute Gasteiger partial charge is 0.463 e. The number of amides is 2. The Balaban J connectivity index is 1.86. The molecule has 7 heteroatoms. The predicted octanol–water partition coefficient (Wildman–Crippen LogP) is 4.37. The normalized spacial score (nSPS) is 17.2. The van der Waals surface area contributed by atoms with Crippen LogP contribution in [-0.4, -0.2) is 35.8 Å². The molecule has 2 aromatic carbocycles. The SMILES string of the molecule is CCOC(=O)C1=C(C)N(CC(=O)NC(C)c2ccccc2)C(=O)CC1c1cccc(Cl)c1. The molecule has 0 aliphatic carbocycles. The maximum Gasteiger partial charge on any atom is 0.336 e. The second kappa shape index (κ2) is 10.5. The number of nitrogens with one attached hydrogen (secondary N) is 1. The summed E-state index contributed by atoms with van der Waals surface area (Å²) in [4.78, 5) is 39.9. The van der Waals surface area contributed by atoms with Crippen LogP contribution in [0.25, 0.3) is 0 Å². The summed E-state index contributed by atoms with van der Waals surface area (Å²) in [6.07, 6.45) is 0.0490. The number of halogens is 1. The van der Waals surface area contributed by atoms with Crippen molar-refractivity contribution in [3.8, 4) is 0 Å². The standard InChI is InChI=1S/C25H27ClN2O4/c1-4-32-25(31)24-17(3)28(15-22(29)27-16(2)18-9-6-5-7-10-18)23(30)14-21(24)19-11-8-12-20(26)13-19/h5-13,16,21H,4,14-15H2,1-3H3,(H,27,29). The lowest BCUT2D eigenvalue weighted by atomic mass is 9.83. The molecule has 1 heterocycles. The molecule has 0 saturated carbocycles. The Morgan fingerprint density at radius 2 is 1.91 bits per heavy atom. The average molecular weight is 455 g/mol. The van der Waals surface area contributed by atoms with E-state index in [1.54, 1.807) is 32.0 Å². The van der Waals surface area contributed by atoms with Crippen molar-refractivity contribution >= 4 is 29.4 Å². The molecule has 3 rings (SSSR count). The number of carbonyl (C=O) groups excluding carboxylic acids is 3. The van der Waals surface area contributed by atoms with Gasteiger partial charge in [-0.2, -0.15) is 0 Å². The van der Waals surface area contributed by atoms with E-state index in [2.05, 4.69) is 5.32 Å². The van der Waals surface area contributed by atoms with Gasteiger partial charge < -0.3 is 15.0 Å². The van der Waals surface area contributed by atoms with E-state index in [0.717, 1.165) is 11.1 Å². The molecule has 0 saturated heterocycles. The Morgan fingerprint density at radius 1 is 1.19 bits per heavy atom. The van der Waals surface area contributed by atoms with Gasteiger partial charge in [0.15, 0.2) is 0 Å². The number of benzene rings is 2. The van der Waals surface area contributed by atoms with Gasteiger partial charge in [-0.3, -0.25) is 9.59 Å². The fraction of sp³-hybridized carbons (Fsp3) is 0.320. The molecule has 0 aromatic heterocycles.